The molecular weight excluding hydrogens is 416 g/mol. The second-order valence-electron chi connectivity index (χ2n) is 7.92. The van der Waals surface area contributed by atoms with Gasteiger partial charge in [0.15, 0.2) is 5.11 Å². The Balaban J connectivity index is 1.71. The van der Waals surface area contributed by atoms with Crippen molar-refractivity contribution in [1.29, 1.82) is 0 Å². The van der Waals surface area contributed by atoms with Gasteiger partial charge in [0.2, 0.25) is 6.17 Å². The van der Waals surface area contributed by atoms with E-state index in [2.05, 4.69) is 17.1 Å². The maximum atomic E-state index is 13.3. The highest BCUT2D eigenvalue weighted by atomic mass is 35.5. The fourth-order valence-corrected chi connectivity index (χ4v) is 4.35. The molecule has 2 aliphatic heterocycles. The molecule has 0 radical (unpaired) electrons. The lowest BCUT2D eigenvalue weighted by Gasteiger charge is -2.33. The molecule has 2 aromatic carbocycles. The van der Waals surface area contributed by atoms with Gasteiger partial charge in [-0.15, -0.1) is 0 Å². The maximum Gasteiger partial charge on any atom is 0.272 e. The van der Waals surface area contributed by atoms with Gasteiger partial charge in [-0.1, -0.05) is 48.9 Å². The smallest absolute Gasteiger partial charge is 0.272 e. The van der Waals surface area contributed by atoms with Gasteiger partial charge in [0.1, 0.15) is 0 Å². The molecule has 1 N–H and O–H groups in total. The normalized spacial score (nSPS) is 19.8. The van der Waals surface area contributed by atoms with Crippen molar-refractivity contribution in [3.8, 4) is 0 Å². The Morgan fingerprint density at radius 2 is 1.87 bits per heavy atom. The van der Waals surface area contributed by atoms with Crippen LogP contribution >= 0.6 is 23.8 Å². The molecule has 0 saturated carbocycles. The van der Waals surface area contributed by atoms with Crippen LogP contribution in [0.4, 0.5) is 5.69 Å². The third kappa shape index (κ3) is 4.20. The highest BCUT2D eigenvalue weighted by Crippen LogP contribution is 2.30. The van der Waals surface area contributed by atoms with Crippen molar-refractivity contribution in [1.82, 2.24) is 10.2 Å². The molecule has 7 heteroatoms. The number of nitrogens with zero attached hydrogens (tertiary/aromatic N) is 3. The van der Waals surface area contributed by atoms with E-state index in [0.29, 0.717) is 16.1 Å². The van der Waals surface area contributed by atoms with Crippen molar-refractivity contribution in [2.45, 2.75) is 25.9 Å². The van der Waals surface area contributed by atoms with Crippen molar-refractivity contribution in [2.75, 3.05) is 25.0 Å². The Labute approximate surface area is 187 Å². The standard InChI is InChI=1S/C23H25ClN4OS/c1-15-10-12-28(13-11-15)23(30)26-21-22(29)27(2)19-9-8-17(24)14-18(19)20(25-21)16-6-4-3-5-7-16/h3-9,14-15,21H,10-13H2,1-2H3,(H,26,30). The first-order chi connectivity index (χ1) is 14.4. The summed E-state index contributed by atoms with van der Waals surface area (Å²) in [7, 11) is 1.76. The predicted octanol–water partition coefficient (Wildman–Crippen LogP) is 4.09. The number of piperidine rings is 1. The summed E-state index contributed by atoms with van der Waals surface area (Å²) in [5.41, 5.74) is 3.24. The molecule has 0 aromatic heterocycles. The number of amides is 1. The molecule has 5 nitrogen and oxygen atoms in total. The van der Waals surface area contributed by atoms with Crippen molar-refractivity contribution < 1.29 is 4.79 Å². The van der Waals surface area contributed by atoms with Crippen LogP contribution in [-0.4, -0.2) is 47.9 Å². The third-order valence-electron chi connectivity index (χ3n) is 5.78. The van der Waals surface area contributed by atoms with Gasteiger partial charge in [0, 0.05) is 36.3 Å². The van der Waals surface area contributed by atoms with Crippen molar-refractivity contribution in [2.24, 2.45) is 10.9 Å². The Hall–Kier alpha value is -2.44. The quantitative estimate of drug-likeness (QED) is 0.714. The molecule has 2 aliphatic rings. The SMILES string of the molecule is CC1CCN(C(=S)NC2N=C(c3ccccc3)c3cc(Cl)ccc3N(C)C2=O)CC1. The molecule has 1 fully saturated rings. The van der Waals surface area contributed by atoms with E-state index < -0.39 is 6.17 Å². The fourth-order valence-electron chi connectivity index (χ4n) is 3.89. The van der Waals surface area contributed by atoms with E-state index in [-0.39, 0.29) is 5.91 Å². The number of carbonyl (C=O) groups is 1. The highest BCUT2D eigenvalue weighted by molar-refractivity contribution is 7.80. The zero-order valence-electron chi connectivity index (χ0n) is 17.1. The number of hydrogen-bond donors (Lipinski definition) is 1. The minimum Gasteiger partial charge on any atom is -0.349 e. The number of fused-ring (bicyclic) bond motifs is 1. The number of halogens is 1. The number of rotatable bonds is 2. The molecular formula is C23H25ClN4OS. The number of thiocarbonyl (C=S) groups is 1. The Kier molecular flexibility index (Phi) is 6.06. The zero-order valence-corrected chi connectivity index (χ0v) is 18.7. The molecule has 0 aliphatic carbocycles. The minimum absolute atomic E-state index is 0.155. The van der Waals surface area contributed by atoms with E-state index in [0.717, 1.165) is 48.5 Å². The van der Waals surface area contributed by atoms with Gasteiger partial charge in [-0.3, -0.25) is 4.79 Å². The van der Waals surface area contributed by atoms with E-state index in [9.17, 15) is 4.79 Å². The highest BCUT2D eigenvalue weighted by Gasteiger charge is 2.31. The van der Waals surface area contributed by atoms with Gasteiger partial charge in [-0.25, -0.2) is 4.99 Å². The molecule has 0 spiro atoms. The largest absolute Gasteiger partial charge is 0.349 e. The number of benzodiazepines with no additional fused rings is 1. The second kappa shape index (κ2) is 8.74. The maximum absolute atomic E-state index is 13.3. The Morgan fingerprint density at radius 1 is 1.17 bits per heavy atom. The van der Waals surface area contributed by atoms with Crippen molar-refractivity contribution in [3.05, 3.63) is 64.7 Å². The number of benzene rings is 2. The van der Waals surface area contributed by atoms with Crippen LogP contribution in [-0.2, 0) is 4.79 Å². The van der Waals surface area contributed by atoms with Crippen molar-refractivity contribution in [3.63, 3.8) is 0 Å². The van der Waals surface area contributed by atoms with Crippen LogP contribution in [0.3, 0.4) is 0 Å². The van der Waals surface area contributed by atoms with Gasteiger partial charge in [-0.2, -0.15) is 0 Å². The third-order valence-corrected chi connectivity index (χ3v) is 6.39. The van der Waals surface area contributed by atoms with Crippen LogP contribution in [0, 0.1) is 5.92 Å². The molecule has 30 heavy (non-hydrogen) atoms. The van der Waals surface area contributed by atoms with Gasteiger partial charge in [0.25, 0.3) is 5.91 Å². The molecule has 2 heterocycles. The van der Waals surface area contributed by atoms with E-state index in [1.54, 1.807) is 18.0 Å². The van der Waals surface area contributed by atoms with Gasteiger partial charge in [-0.05, 0) is 49.2 Å². The minimum atomic E-state index is -0.803. The lowest BCUT2D eigenvalue weighted by Crippen LogP contribution is -2.52. The lowest BCUT2D eigenvalue weighted by atomic mass is 10.00. The van der Waals surface area contributed by atoms with Crippen LogP contribution in [0.25, 0.3) is 0 Å². The molecule has 1 atom stereocenters. The number of likely N-dealkylation sites (tertiary alicyclic amines) is 1. The average molecular weight is 441 g/mol. The summed E-state index contributed by atoms with van der Waals surface area (Å²) < 4.78 is 0. The van der Waals surface area contributed by atoms with Gasteiger partial charge < -0.3 is 15.1 Å². The first kappa shape index (κ1) is 20.8. The molecule has 1 amide bonds. The molecule has 156 valence electrons. The predicted molar refractivity (Wildman–Crippen MR) is 126 cm³/mol. The second-order valence-corrected chi connectivity index (χ2v) is 8.75. The Bertz CT molecular complexity index is 986. The van der Waals surface area contributed by atoms with Crippen LogP contribution in [0.2, 0.25) is 5.02 Å². The zero-order chi connectivity index (χ0) is 21.3. The number of nitrogens with one attached hydrogen (secondary N) is 1. The topological polar surface area (TPSA) is 47.9 Å². The summed E-state index contributed by atoms with van der Waals surface area (Å²) in [5.74, 6) is 0.550. The number of likely N-dealkylation sites (N-methyl/N-ethyl adjacent to an activating group) is 1. The van der Waals surface area contributed by atoms with Crippen LogP contribution in [0.1, 0.15) is 30.9 Å². The molecule has 4 rings (SSSR count). The van der Waals surface area contributed by atoms with E-state index in [1.807, 2.05) is 42.5 Å². The summed E-state index contributed by atoms with van der Waals surface area (Å²) in [6, 6.07) is 15.4. The summed E-state index contributed by atoms with van der Waals surface area (Å²) in [5, 5.41) is 4.40. The molecule has 0 bridgehead atoms. The first-order valence-corrected chi connectivity index (χ1v) is 11.0. The molecule has 2 aromatic rings. The van der Waals surface area contributed by atoms with Crippen molar-refractivity contribution >= 4 is 46.2 Å². The summed E-state index contributed by atoms with van der Waals surface area (Å²) in [6.45, 7) is 4.06. The van der Waals surface area contributed by atoms with E-state index in [4.69, 9.17) is 28.8 Å². The number of aliphatic imine (C=N–C) groups is 1. The Morgan fingerprint density at radius 3 is 2.57 bits per heavy atom. The number of anilines is 1. The summed E-state index contributed by atoms with van der Waals surface area (Å²) in [4.78, 5) is 21.9. The van der Waals surface area contributed by atoms with Crippen LogP contribution in [0.5, 0.6) is 0 Å². The monoisotopic (exact) mass is 440 g/mol. The van der Waals surface area contributed by atoms with Gasteiger partial charge in [0.05, 0.1) is 11.4 Å². The summed E-state index contributed by atoms with van der Waals surface area (Å²) >= 11 is 11.9. The number of carbonyl (C=O) groups excluding carboxylic acids is 1. The number of hydrogen-bond acceptors (Lipinski definition) is 3. The summed E-state index contributed by atoms with van der Waals surface area (Å²) in [6.07, 6.45) is 1.40. The van der Waals surface area contributed by atoms with E-state index >= 15 is 0 Å². The molecule has 1 unspecified atom stereocenters. The molecule has 1 saturated heterocycles. The first-order valence-electron chi connectivity index (χ1n) is 10.2. The lowest BCUT2D eigenvalue weighted by molar-refractivity contribution is -0.119. The van der Waals surface area contributed by atoms with Crippen LogP contribution < -0.4 is 10.2 Å². The fraction of sp³-hybridized carbons (Fsp3) is 0.348. The van der Waals surface area contributed by atoms with E-state index in [1.165, 1.54) is 0 Å². The van der Waals surface area contributed by atoms with Crippen LogP contribution in [0.15, 0.2) is 53.5 Å². The van der Waals surface area contributed by atoms with Gasteiger partial charge >= 0.3 is 0 Å². The average Bonchev–Trinajstić information content (AvgIpc) is 2.85.